The van der Waals surface area contributed by atoms with Gasteiger partial charge in [0, 0.05) is 12.6 Å². The zero-order chi connectivity index (χ0) is 18.6. The zero-order valence-electron chi connectivity index (χ0n) is 14.7. The first kappa shape index (κ1) is 18.5. The number of aryl methyl sites for hydroxylation is 1. The molecule has 1 aliphatic rings. The Balaban J connectivity index is 1.80. The average Bonchev–Trinajstić information content (AvgIpc) is 2.63. The normalized spacial score (nSPS) is 21.5. The minimum Gasteiger partial charge on any atom is -0.624 e. The van der Waals surface area contributed by atoms with Crippen molar-refractivity contribution in [1.82, 2.24) is 9.71 Å². The van der Waals surface area contributed by atoms with Gasteiger partial charge in [-0.3, -0.25) is 4.98 Å². The van der Waals surface area contributed by atoms with Gasteiger partial charge in [-0.25, -0.2) is 17.9 Å². The van der Waals surface area contributed by atoms with Crippen molar-refractivity contribution in [1.29, 1.82) is 0 Å². The Bertz CT molecular complexity index is 865. The second-order valence-corrected chi connectivity index (χ2v) is 8.35. The molecule has 138 valence electrons. The van der Waals surface area contributed by atoms with Crippen LogP contribution in [0, 0.1) is 12.1 Å². The molecule has 6 nitrogen and oxygen atoms in total. The Kier molecular flexibility index (Phi) is 5.68. The monoisotopic (exact) mass is 373 g/mol. The highest BCUT2D eigenvalue weighted by Crippen LogP contribution is 2.23. The topological polar surface area (TPSA) is 85.1 Å². The fraction of sp³-hybridized carbons (Fsp3) is 0.368. The smallest absolute Gasteiger partial charge is 0.241 e. The number of hydroxylamine groups is 1. The fourth-order valence-electron chi connectivity index (χ4n) is 3.22. The Morgan fingerprint density at radius 3 is 2.58 bits per heavy atom. The lowest BCUT2D eigenvalue weighted by Gasteiger charge is -2.30. The number of pyridine rings is 1. The van der Waals surface area contributed by atoms with Gasteiger partial charge in [0.25, 0.3) is 0 Å². The van der Waals surface area contributed by atoms with Gasteiger partial charge in [0.15, 0.2) is 6.04 Å². The molecule has 0 spiro atoms. The van der Waals surface area contributed by atoms with Gasteiger partial charge in [-0.2, -0.15) is 0 Å². The van der Waals surface area contributed by atoms with E-state index in [9.17, 15) is 13.6 Å². The van der Waals surface area contributed by atoms with E-state index in [0.29, 0.717) is 18.5 Å². The number of sulfonamides is 1. The van der Waals surface area contributed by atoms with Crippen molar-refractivity contribution in [3.05, 3.63) is 65.1 Å². The first-order valence-electron chi connectivity index (χ1n) is 8.76. The third-order valence-corrected chi connectivity index (χ3v) is 6.15. The second-order valence-electron chi connectivity index (χ2n) is 6.64. The minimum absolute atomic E-state index is 0.221. The molecule has 2 atom stereocenters. The van der Waals surface area contributed by atoms with Crippen LogP contribution >= 0.6 is 0 Å². The van der Waals surface area contributed by atoms with E-state index in [1.54, 1.807) is 42.6 Å². The van der Waals surface area contributed by atoms with Crippen molar-refractivity contribution < 1.29 is 13.2 Å². The highest BCUT2D eigenvalue weighted by Gasteiger charge is 2.34. The van der Waals surface area contributed by atoms with Gasteiger partial charge in [0.05, 0.1) is 10.9 Å². The first-order valence-corrected chi connectivity index (χ1v) is 10.2. The van der Waals surface area contributed by atoms with Gasteiger partial charge in [0.1, 0.15) is 5.69 Å². The molecule has 2 aromatic rings. The molecule has 1 aromatic heterocycles. The van der Waals surface area contributed by atoms with Crippen molar-refractivity contribution in [2.45, 2.75) is 49.6 Å². The van der Waals surface area contributed by atoms with Gasteiger partial charge >= 0.3 is 0 Å². The standard InChI is InChI=1S/C19H23N3O3S/c1-15-9-11-17(12-10-15)26(24,25)21-18-7-2-3-8-19(18)22(23)14-16-6-4-5-13-20-16/h4-6,9-14,18-19,21H,2-3,7-8H2,1H3/b22-14-/t18-,19-/m1/s1. The number of nitrogens with zero attached hydrogens (tertiary/aromatic N) is 2. The quantitative estimate of drug-likeness (QED) is 0.378. The van der Waals surface area contributed by atoms with Crippen LogP contribution in [0.1, 0.15) is 36.9 Å². The molecule has 0 radical (unpaired) electrons. The summed E-state index contributed by atoms with van der Waals surface area (Å²) in [6.45, 7) is 1.91. The number of hydrogen-bond acceptors (Lipinski definition) is 4. The Hall–Kier alpha value is -2.25. The van der Waals surface area contributed by atoms with E-state index in [1.807, 2.05) is 13.0 Å². The predicted molar refractivity (Wildman–Crippen MR) is 101 cm³/mol. The van der Waals surface area contributed by atoms with Gasteiger partial charge in [-0.05, 0) is 44.0 Å². The van der Waals surface area contributed by atoms with Crippen molar-refractivity contribution in [2.24, 2.45) is 0 Å². The van der Waals surface area contributed by atoms with Crippen LogP contribution in [0.2, 0.25) is 0 Å². The molecule has 3 rings (SSSR count). The van der Waals surface area contributed by atoms with E-state index in [-0.39, 0.29) is 4.90 Å². The van der Waals surface area contributed by atoms with Crippen LogP contribution < -0.4 is 4.72 Å². The van der Waals surface area contributed by atoms with Crippen molar-refractivity contribution in [2.75, 3.05) is 0 Å². The molecule has 1 saturated carbocycles. The van der Waals surface area contributed by atoms with E-state index in [2.05, 4.69) is 9.71 Å². The Morgan fingerprint density at radius 2 is 1.88 bits per heavy atom. The number of benzene rings is 1. The van der Waals surface area contributed by atoms with Crippen molar-refractivity contribution in [3.8, 4) is 0 Å². The predicted octanol–water partition coefficient (Wildman–Crippen LogP) is 2.61. The van der Waals surface area contributed by atoms with E-state index in [1.165, 1.54) is 6.21 Å². The summed E-state index contributed by atoms with van der Waals surface area (Å²) in [4.78, 5) is 4.35. The molecule has 0 bridgehead atoms. The lowest BCUT2D eigenvalue weighted by molar-refractivity contribution is -0.504. The van der Waals surface area contributed by atoms with Crippen LogP contribution in [0.25, 0.3) is 0 Å². The van der Waals surface area contributed by atoms with Crippen LogP contribution in [-0.4, -0.2) is 36.4 Å². The summed E-state index contributed by atoms with van der Waals surface area (Å²) in [5.74, 6) is 0. The number of rotatable bonds is 5. The lowest BCUT2D eigenvalue weighted by atomic mass is 9.91. The third kappa shape index (κ3) is 4.47. The summed E-state index contributed by atoms with van der Waals surface area (Å²) in [7, 11) is -3.66. The van der Waals surface area contributed by atoms with E-state index >= 15 is 0 Å². The van der Waals surface area contributed by atoms with Gasteiger partial charge in [-0.15, -0.1) is 0 Å². The van der Waals surface area contributed by atoms with Crippen LogP contribution in [0.3, 0.4) is 0 Å². The summed E-state index contributed by atoms with van der Waals surface area (Å²) in [6.07, 6.45) is 6.15. The van der Waals surface area contributed by atoms with E-state index in [0.717, 1.165) is 23.1 Å². The van der Waals surface area contributed by atoms with Crippen LogP contribution in [-0.2, 0) is 10.0 Å². The Morgan fingerprint density at radius 1 is 1.15 bits per heavy atom. The number of aromatic nitrogens is 1. The molecule has 0 aliphatic heterocycles. The largest absolute Gasteiger partial charge is 0.624 e. The van der Waals surface area contributed by atoms with E-state index in [4.69, 9.17) is 0 Å². The molecule has 7 heteroatoms. The fourth-order valence-corrected chi connectivity index (χ4v) is 4.52. The highest BCUT2D eigenvalue weighted by molar-refractivity contribution is 7.89. The maximum Gasteiger partial charge on any atom is 0.241 e. The molecule has 26 heavy (non-hydrogen) atoms. The van der Waals surface area contributed by atoms with E-state index < -0.39 is 22.1 Å². The molecule has 1 heterocycles. The molecule has 0 unspecified atom stereocenters. The van der Waals surface area contributed by atoms with Crippen LogP contribution in [0.5, 0.6) is 0 Å². The molecule has 0 saturated heterocycles. The maximum absolute atomic E-state index is 12.7. The van der Waals surface area contributed by atoms with Gasteiger partial charge < -0.3 is 5.21 Å². The summed E-state index contributed by atoms with van der Waals surface area (Å²) in [5.41, 5.74) is 1.56. The van der Waals surface area contributed by atoms with Gasteiger partial charge in [-0.1, -0.05) is 30.2 Å². The van der Waals surface area contributed by atoms with Gasteiger partial charge in [0.2, 0.25) is 16.2 Å². The maximum atomic E-state index is 12.7. The summed E-state index contributed by atoms with van der Waals surface area (Å²) in [5, 5.41) is 12.6. The molecule has 1 aromatic carbocycles. The lowest BCUT2D eigenvalue weighted by Crippen LogP contribution is -2.49. The van der Waals surface area contributed by atoms with Crippen molar-refractivity contribution >= 4 is 16.2 Å². The second kappa shape index (κ2) is 7.97. The first-order chi connectivity index (χ1) is 12.5. The summed E-state index contributed by atoms with van der Waals surface area (Å²) in [6, 6.07) is 11.2. The SMILES string of the molecule is Cc1ccc(S(=O)(=O)N[C@@H]2CCCC[C@H]2/[N+]([O-])=C/c2ccccn2)cc1. The number of hydrogen-bond donors (Lipinski definition) is 1. The number of nitrogens with one attached hydrogen (secondary N) is 1. The molecule has 0 amide bonds. The van der Waals surface area contributed by atoms with Crippen LogP contribution in [0.15, 0.2) is 53.6 Å². The average molecular weight is 373 g/mol. The minimum atomic E-state index is -3.66. The molecule has 1 aliphatic carbocycles. The molecular formula is C19H23N3O3S. The molecule has 1 N–H and O–H groups in total. The van der Waals surface area contributed by atoms with Crippen LogP contribution in [0.4, 0.5) is 0 Å². The summed E-state index contributed by atoms with van der Waals surface area (Å²) < 4.78 is 29.0. The Labute approximate surface area is 154 Å². The van der Waals surface area contributed by atoms with Crippen molar-refractivity contribution in [3.63, 3.8) is 0 Å². The molecular weight excluding hydrogens is 350 g/mol. The highest BCUT2D eigenvalue weighted by atomic mass is 32.2. The zero-order valence-corrected chi connectivity index (χ0v) is 15.5. The third-order valence-electron chi connectivity index (χ3n) is 4.64. The molecule has 1 fully saturated rings. The summed E-state index contributed by atoms with van der Waals surface area (Å²) >= 11 is 0.